The molecule has 1 atom stereocenters. The normalized spacial score (nSPS) is 11.6. The number of nitriles is 1. The van der Waals surface area contributed by atoms with Crippen LogP contribution in [0.5, 0.6) is 0 Å². The Labute approximate surface area is 166 Å². The highest BCUT2D eigenvalue weighted by atomic mass is 32.2. The minimum absolute atomic E-state index is 0.0271. The van der Waals surface area contributed by atoms with Gasteiger partial charge in [-0.3, -0.25) is 4.79 Å². The van der Waals surface area contributed by atoms with Gasteiger partial charge in [-0.15, -0.1) is 0 Å². The van der Waals surface area contributed by atoms with E-state index in [1.807, 2.05) is 63.2 Å². The fourth-order valence-electron chi connectivity index (χ4n) is 2.75. The fraction of sp³-hybridized carbons (Fsp3) is 0.364. The number of anilines is 1. The van der Waals surface area contributed by atoms with Crippen LogP contribution in [0.4, 0.5) is 5.69 Å². The zero-order chi connectivity index (χ0) is 19.6. The first-order valence-corrected chi connectivity index (χ1v) is 10.3. The Morgan fingerprint density at radius 2 is 1.96 bits per heavy atom. The van der Waals surface area contributed by atoms with Crippen LogP contribution in [-0.2, 0) is 10.5 Å². The molecule has 2 N–H and O–H groups in total. The Morgan fingerprint density at radius 1 is 1.19 bits per heavy atom. The van der Waals surface area contributed by atoms with Crippen LogP contribution in [0.15, 0.2) is 42.5 Å². The second-order valence-corrected chi connectivity index (χ2v) is 7.78. The molecule has 142 valence electrons. The molecule has 2 rings (SSSR count). The Kier molecular flexibility index (Phi) is 8.38. The standard InChI is InChI=1S/C22H27N3OS/c1-16-7-6-10-21(18(16)3)25-22(26)13-17(2)24-11-12-27-15-20-9-5-4-8-19(20)14-23/h4-10,17,24H,11-13,15H2,1-3H3,(H,25,26)/t17-/m1/s1. The first-order valence-electron chi connectivity index (χ1n) is 9.16. The van der Waals surface area contributed by atoms with Crippen LogP contribution in [-0.4, -0.2) is 24.2 Å². The topological polar surface area (TPSA) is 64.9 Å². The van der Waals surface area contributed by atoms with E-state index in [9.17, 15) is 4.79 Å². The maximum absolute atomic E-state index is 12.2. The first kappa shape index (κ1) is 21.0. The summed E-state index contributed by atoms with van der Waals surface area (Å²) in [6, 6.07) is 16.0. The Morgan fingerprint density at radius 3 is 2.74 bits per heavy atom. The van der Waals surface area contributed by atoms with Gasteiger partial charge in [-0.2, -0.15) is 17.0 Å². The van der Waals surface area contributed by atoms with Crippen molar-refractivity contribution in [3.8, 4) is 6.07 Å². The number of carbonyl (C=O) groups excluding carboxylic acids is 1. The average molecular weight is 382 g/mol. The third-order valence-corrected chi connectivity index (χ3v) is 5.51. The fourth-order valence-corrected chi connectivity index (χ4v) is 3.63. The number of nitrogens with one attached hydrogen (secondary N) is 2. The highest BCUT2D eigenvalue weighted by Crippen LogP contribution is 2.18. The average Bonchev–Trinajstić information content (AvgIpc) is 2.65. The molecule has 2 aromatic carbocycles. The van der Waals surface area contributed by atoms with Crippen molar-refractivity contribution >= 4 is 23.4 Å². The first-order chi connectivity index (χ1) is 13.0. The van der Waals surface area contributed by atoms with Crippen molar-refractivity contribution < 1.29 is 4.79 Å². The predicted molar refractivity (Wildman–Crippen MR) is 114 cm³/mol. The van der Waals surface area contributed by atoms with E-state index in [-0.39, 0.29) is 11.9 Å². The lowest BCUT2D eigenvalue weighted by molar-refractivity contribution is -0.116. The van der Waals surface area contributed by atoms with Crippen molar-refractivity contribution in [2.75, 3.05) is 17.6 Å². The molecule has 0 fully saturated rings. The molecule has 0 radical (unpaired) electrons. The number of rotatable bonds is 9. The molecule has 0 aliphatic rings. The highest BCUT2D eigenvalue weighted by molar-refractivity contribution is 7.98. The van der Waals surface area contributed by atoms with Crippen molar-refractivity contribution in [2.24, 2.45) is 0 Å². The smallest absolute Gasteiger partial charge is 0.225 e. The molecular weight excluding hydrogens is 354 g/mol. The van der Waals surface area contributed by atoms with Gasteiger partial charge in [0.1, 0.15) is 0 Å². The summed E-state index contributed by atoms with van der Waals surface area (Å²) in [6.45, 7) is 6.92. The van der Waals surface area contributed by atoms with Crippen LogP contribution in [0, 0.1) is 25.2 Å². The zero-order valence-corrected chi connectivity index (χ0v) is 17.0. The van der Waals surface area contributed by atoms with E-state index in [0.717, 1.165) is 40.4 Å². The molecule has 2 aromatic rings. The van der Waals surface area contributed by atoms with Gasteiger partial charge in [0.05, 0.1) is 11.6 Å². The Bertz CT molecular complexity index is 813. The van der Waals surface area contributed by atoms with E-state index in [0.29, 0.717) is 6.42 Å². The largest absolute Gasteiger partial charge is 0.326 e. The van der Waals surface area contributed by atoms with Crippen LogP contribution in [0.3, 0.4) is 0 Å². The summed E-state index contributed by atoms with van der Waals surface area (Å²) in [6.07, 6.45) is 0.440. The molecule has 0 saturated heterocycles. The number of nitrogens with zero attached hydrogens (tertiary/aromatic N) is 1. The number of amides is 1. The summed E-state index contributed by atoms with van der Waals surface area (Å²) < 4.78 is 0. The van der Waals surface area contributed by atoms with Crippen LogP contribution in [0.2, 0.25) is 0 Å². The summed E-state index contributed by atoms with van der Waals surface area (Å²) in [5, 5.41) is 15.5. The summed E-state index contributed by atoms with van der Waals surface area (Å²) in [5.41, 5.74) is 4.99. The van der Waals surface area contributed by atoms with Crippen LogP contribution in [0.25, 0.3) is 0 Å². The van der Waals surface area contributed by atoms with E-state index in [1.54, 1.807) is 11.8 Å². The number of benzene rings is 2. The summed E-state index contributed by atoms with van der Waals surface area (Å²) in [4.78, 5) is 12.2. The lowest BCUT2D eigenvalue weighted by atomic mass is 10.1. The summed E-state index contributed by atoms with van der Waals surface area (Å²) >= 11 is 1.79. The number of hydrogen-bond donors (Lipinski definition) is 2. The minimum atomic E-state index is 0.0271. The van der Waals surface area contributed by atoms with E-state index >= 15 is 0 Å². The van der Waals surface area contributed by atoms with Crippen LogP contribution >= 0.6 is 11.8 Å². The molecule has 5 heteroatoms. The van der Waals surface area contributed by atoms with Gasteiger partial charge in [-0.25, -0.2) is 0 Å². The van der Waals surface area contributed by atoms with Crippen molar-refractivity contribution in [1.82, 2.24) is 5.32 Å². The molecule has 4 nitrogen and oxygen atoms in total. The molecule has 0 bridgehead atoms. The molecule has 0 aromatic heterocycles. The number of thioether (sulfide) groups is 1. The molecule has 0 heterocycles. The second-order valence-electron chi connectivity index (χ2n) is 6.68. The molecule has 27 heavy (non-hydrogen) atoms. The van der Waals surface area contributed by atoms with Gasteiger partial charge in [0.25, 0.3) is 0 Å². The second kappa shape index (κ2) is 10.8. The van der Waals surface area contributed by atoms with Crippen LogP contribution < -0.4 is 10.6 Å². The van der Waals surface area contributed by atoms with Gasteiger partial charge in [0, 0.05) is 36.2 Å². The van der Waals surface area contributed by atoms with Crippen molar-refractivity contribution in [3.05, 3.63) is 64.7 Å². The Balaban J connectivity index is 1.67. The van der Waals surface area contributed by atoms with E-state index in [2.05, 4.69) is 16.7 Å². The molecule has 0 spiro atoms. The van der Waals surface area contributed by atoms with E-state index < -0.39 is 0 Å². The van der Waals surface area contributed by atoms with E-state index in [4.69, 9.17) is 5.26 Å². The van der Waals surface area contributed by atoms with Crippen molar-refractivity contribution in [2.45, 2.75) is 39.0 Å². The summed E-state index contributed by atoms with van der Waals surface area (Å²) in [7, 11) is 0. The lowest BCUT2D eigenvalue weighted by Crippen LogP contribution is -2.32. The third-order valence-electron chi connectivity index (χ3n) is 4.50. The van der Waals surface area contributed by atoms with Gasteiger partial charge in [-0.05, 0) is 49.6 Å². The highest BCUT2D eigenvalue weighted by Gasteiger charge is 2.10. The Hall–Kier alpha value is -2.29. The minimum Gasteiger partial charge on any atom is -0.326 e. The number of carbonyl (C=O) groups is 1. The third kappa shape index (κ3) is 6.74. The van der Waals surface area contributed by atoms with E-state index in [1.165, 1.54) is 5.56 Å². The molecule has 0 aliphatic heterocycles. The van der Waals surface area contributed by atoms with Gasteiger partial charge in [0.2, 0.25) is 5.91 Å². The van der Waals surface area contributed by atoms with Crippen molar-refractivity contribution in [1.29, 1.82) is 5.26 Å². The van der Waals surface area contributed by atoms with Gasteiger partial charge < -0.3 is 10.6 Å². The van der Waals surface area contributed by atoms with Gasteiger partial charge >= 0.3 is 0 Å². The SMILES string of the molecule is Cc1cccc(NC(=O)C[C@@H](C)NCCSCc2ccccc2C#N)c1C. The number of aryl methyl sites for hydroxylation is 1. The molecule has 1 amide bonds. The van der Waals surface area contributed by atoms with Crippen molar-refractivity contribution in [3.63, 3.8) is 0 Å². The maximum atomic E-state index is 12.2. The monoisotopic (exact) mass is 381 g/mol. The molecule has 0 unspecified atom stereocenters. The van der Waals surface area contributed by atoms with Crippen LogP contribution in [0.1, 0.15) is 35.6 Å². The summed E-state index contributed by atoms with van der Waals surface area (Å²) in [5.74, 6) is 1.79. The quantitative estimate of drug-likeness (QED) is 0.631. The zero-order valence-electron chi connectivity index (χ0n) is 16.2. The molecular formula is C22H27N3OS. The molecule has 0 saturated carbocycles. The lowest BCUT2D eigenvalue weighted by Gasteiger charge is -2.15. The van der Waals surface area contributed by atoms with Gasteiger partial charge in [0.15, 0.2) is 0 Å². The molecule has 0 aliphatic carbocycles. The maximum Gasteiger partial charge on any atom is 0.225 e. The predicted octanol–water partition coefficient (Wildman–Crippen LogP) is 4.42. The van der Waals surface area contributed by atoms with Gasteiger partial charge in [-0.1, -0.05) is 30.3 Å². The number of hydrogen-bond acceptors (Lipinski definition) is 4.